The molecule has 0 aliphatic carbocycles. The largest absolute Gasteiger partial charge is 0.322 e. The molecule has 0 saturated heterocycles. The van der Waals surface area contributed by atoms with Crippen LogP contribution in [-0.2, 0) is 0 Å². The maximum absolute atomic E-state index is 12.2. The smallest absolute Gasteiger partial charge is 0.271 e. The van der Waals surface area contributed by atoms with E-state index in [0.29, 0.717) is 16.3 Å². The van der Waals surface area contributed by atoms with Gasteiger partial charge in [-0.3, -0.25) is 19.7 Å². The summed E-state index contributed by atoms with van der Waals surface area (Å²) in [6.07, 6.45) is 1.49. The van der Waals surface area contributed by atoms with Crippen molar-refractivity contribution in [2.24, 2.45) is 5.10 Å². The van der Waals surface area contributed by atoms with E-state index in [4.69, 9.17) is 11.6 Å². The molecule has 0 heterocycles. The first-order valence-electron chi connectivity index (χ1n) is 8.67. The Bertz CT molecular complexity index is 1100. The molecule has 9 heteroatoms. The maximum Gasteiger partial charge on any atom is 0.271 e. The van der Waals surface area contributed by atoms with E-state index >= 15 is 0 Å². The highest BCUT2D eigenvalue weighted by Gasteiger charge is 2.10. The molecule has 0 saturated carbocycles. The van der Waals surface area contributed by atoms with Crippen LogP contribution in [0.4, 0.5) is 11.4 Å². The van der Waals surface area contributed by atoms with E-state index < -0.39 is 16.7 Å². The minimum Gasteiger partial charge on any atom is -0.322 e. The number of hydrazone groups is 1. The Morgan fingerprint density at radius 2 is 1.43 bits per heavy atom. The summed E-state index contributed by atoms with van der Waals surface area (Å²) in [5.74, 6) is -0.830. The fraction of sp³-hybridized carbons (Fsp3) is 0. The number of rotatable bonds is 6. The zero-order valence-corrected chi connectivity index (χ0v) is 16.2. The molecule has 8 nitrogen and oxygen atoms in total. The molecule has 3 rings (SSSR count). The van der Waals surface area contributed by atoms with Crippen molar-refractivity contribution >= 4 is 41.0 Å². The van der Waals surface area contributed by atoms with Gasteiger partial charge in [-0.1, -0.05) is 23.7 Å². The summed E-state index contributed by atoms with van der Waals surface area (Å²) < 4.78 is 0. The number of benzene rings is 3. The number of halogens is 1. The van der Waals surface area contributed by atoms with Crippen LogP contribution in [0.1, 0.15) is 26.3 Å². The highest BCUT2D eigenvalue weighted by Crippen LogP contribution is 2.15. The van der Waals surface area contributed by atoms with Crippen molar-refractivity contribution in [3.05, 3.63) is 105 Å². The molecular weight excluding hydrogens is 408 g/mol. The minimum absolute atomic E-state index is 0.0966. The summed E-state index contributed by atoms with van der Waals surface area (Å²) in [5, 5.41) is 17.8. The number of amides is 2. The molecule has 0 atom stereocenters. The molecule has 3 aromatic carbocycles. The van der Waals surface area contributed by atoms with Crippen molar-refractivity contribution in [3.8, 4) is 0 Å². The van der Waals surface area contributed by atoms with Crippen LogP contribution in [0.2, 0.25) is 5.02 Å². The van der Waals surface area contributed by atoms with Gasteiger partial charge in [0, 0.05) is 34.0 Å². The Kier molecular flexibility index (Phi) is 6.51. The second-order valence-electron chi connectivity index (χ2n) is 6.09. The van der Waals surface area contributed by atoms with Crippen LogP contribution in [0.3, 0.4) is 0 Å². The molecule has 0 spiro atoms. The van der Waals surface area contributed by atoms with Gasteiger partial charge >= 0.3 is 0 Å². The Hall–Kier alpha value is -4.04. The number of nitro groups is 1. The van der Waals surface area contributed by atoms with E-state index in [-0.39, 0.29) is 11.3 Å². The monoisotopic (exact) mass is 422 g/mol. The van der Waals surface area contributed by atoms with Gasteiger partial charge in [0.1, 0.15) is 0 Å². The van der Waals surface area contributed by atoms with Gasteiger partial charge < -0.3 is 5.32 Å². The van der Waals surface area contributed by atoms with Gasteiger partial charge in [0.05, 0.1) is 11.1 Å². The summed E-state index contributed by atoms with van der Waals surface area (Å²) in [7, 11) is 0. The lowest BCUT2D eigenvalue weighted by atomic mass is 10.1. The molecule has 30 heavy (non-hydrogen) atoms. The molecule has 150 valence electrons. The Labute approximate surface area is 176 Å². The van der Waals surface area contributed by atoms with Gasteiger partial charge in [0.25, 0.3) is 17.5 Å². The third-order valence-corrected chi connectivity index (χ3v) is 4.25. The second kappa shape index (κ2) is 9.44. The summed E-state index contributed by atoms with van der Waals surface area (Å²) in [5.41, 5.74) is 4.21. The molecular formula is C21H15ClN4O4. The standard InChI is InChI=1S/C21H15ClN4O4/c22-17-7-1-14(2-8-17)13-23-25-21(28)16-3-9-18(10-4-16)24-20(27)15-5-11-19(12-6-15)26(29)30/h1-13H,(H,24,27)(H,25,28)/b23-13-. The second-order valence-corrected chi connectivity index (χ2v) is 6.52. The number of carbonyl (C=O) groups excluding carboxylic acids is 2. The summed E-state index contributed by atoms with van der Waals surface area (Å²) in [4.78, 5) is 34.5. The Morgan fingerprint density at radius 3 is 2.03 bits per heavy atom. The molecule has 0 aliphatic rings. The van der Waals surface area contributed by atoms with Crippen molar-refractivity contribution in [2.45, 2.75) is 0 Å². The number of hydrogen-bond acceptors (Lipinski definition) is 5. The topological polar surface area (TPSA) is 114 Å². The van der Waals surface area contributed by atoms with Crippen molar-refractivity contribution in [2.75, 3.05) is 5.32 Å². The highest BCUT2D eigenvalue weighted by atomic mass is 35.5. The molecule has 3 aromatic rings. The first-order chi connectivity index (χ1) is 14.4. The highest BCUT2D eigenvalue weighted by molar-refractivity contribution is 6.30. The van der Waals surface area contributed by atoms with Crippen molar-refractivity contribution < 1.29 is 14.5 Å². The van der Waals surface area contributed by atoms with Crippen LogP contribution in [0, 0.1) is 10.1 Å². The number of nitrogens with one attached hydrogen (secondary N) is 2. The lowest BCUT2D eigenvalue weighted by Crippen LogP contribution is -2.17. The van der Waals surface area contributed by atoms with E-state index in [2.05, 4.69) is 15.8 Å². The Morgan fingerprint density at radius 1 is 0.867 bits per heavy atom. The first kappa shape index (κ1) is 20.7. The van der Waals surface area contributed by atoms with Crippen LogP contribution in [0.25, 0.3) is 0 Å². The van der Waals surface area contributed by atoms with E-state index in [0.717, 1.165) is 5.56 Å². The number of nitro benzene ring substituents is 1. The van der Waals surface area contributed by atoms with E-state index in [1.807, 2.05) is 0 Å². The van der Waals surface area contributed by atoms with Crippen LogP contribution in [-0.4, -0.2) is 23.0 Å². The fourth-order valence-electron chi connectivity index (χ4n) is 2.42. The van der Waals surface area contributed by atoms with Gasteiger partial charge in [-0.25, -0.2) is 5.43 Å². The molecule has 0 radical (unpaired) electrons. The van der Waals surface area contributed by atoms with E-state index in [9.17, 15) is 19.7 Å². The zero-order valence-electron chi connectivity index (χ0n) is 15.4. The number of nitrogens with zero attached hydrogens (tertiary/aromatic N) is 2. The molecule has 0 fully saturated rings. The third kappa shape index (κ3) is 5.49. The molecule has 2 N–H and O–H groups in total. The quantitative estimate of drug-likeness (QED) is 0.351. The van der Waals surface area contributed by atoms with Crippen LogP contribution >= 0.6 is 11.6 Å². The first-order valence-corrected chi connectivity index (χ1v) is 9.05. The van der Waals surface area contributed by atoms with Gasteiger partial charge in [0.2, 0.25) is 0 Å². The van der Waals surface area contributed by atoms with Crippen LogP contribution in [0.15, 0.2) is 77.9 Å². The minimum atomic E-state index is -0.537. The maximum atomic E-state index is 12.2. The molecule has 0 bridgehead atoms. The Balaban J connectivity index is 1.57. The fourth-order valence-corrected chi connectivity index (χ4v) is 2.55. The lowest BCUT2D eigenvalue weighted by Gasteiger charge is -2.06. The zero-order chi connectivity index (χ0) is 21.5. The van der Waals surface area contributed by atoms with Crippen molar-refractivity contribution in [3.63, 3.8) is 0 Å². The number of non-ortho nitro benzene ring substituents is 1. The van der Waals surface area contributed by atoms with Gasteiger partial charge in [-0.2, -0.15) is 5.10 Å². The van der Waals surface area contributed by atoms with Gasteiger partial charge in [-0.15, -0.1) is 0 Å². The van der Waals surface area contributed by atoms with Crippen LogP contribution in [0.5, 0.6) is 0 Å². The number of anilines is 1. The normalized spacial score (nSPS) is 10.6. The van der Waals surface area contributed by atoms with Crippen molar-refractivity contribution in [1.82, 2.24) is 5.43 Å². The van der Waals surface area contributed by atoms with Gasteiger partial charge in [0.15, 0.2) is 0 Å². The SMILES string of the molecule is O=C(N/N=C\c1ccc(Cl)cc1)c1ccc(NC(=O)c2ccc([N+](=O)[O-])cc2)cc1. The average molecular weight is 423 g/mol. The predicted octanol–water partition coefficient (Wildman–Crippen LogP) is 4.26. The van der Waals surface area contributed by atoms with Crippen molar-refractivity contribution in [1.29, 1.82) is 0 Å². The summed E-state index contributed by atoms with van der Waals surface area (Å²) in [6, 6.07) is 18.4. The third-order valence-electron chi connectivity index (χ3n) is 3.99. The van der Waals surface area contributed by atoms with E-state index in [1.165, 1.54) is 30.5 Å². The average Bonchev–Trinajstić information content (AvgIpc) is 2.75. The summed E-state index contributed by atoms with van der Waals surface area (Å²) >= 11 is 5.81. The summed E-state index contributed by atoms with van der Waals surface area (Å²) in [6.45, 7) is 0. The molecule has 0 unspecified atom stereocenters. The molecule has 2 amide bonds. The van der Waals surface area contributed by atoms with Crippen LogP contribution < -0.4 is 10.7 Å². The predicted molar refractivity (Wildman–Crippen MR) is 114 cm³/mol. The lowest BCUT2D eigenvalue weighted by molar-refractivity contribution is -0.384. The number of hydrogen-bond donors (Lipinski definition) is 2. The van der Waals surface area contributed by atoms with Gasteiger partial charge in [-0.05, 0) is 54.1 Å². The number of carbonyl (C=O) groups is 2. The molecule has 0 aromatic heterocycles. The molecule has 0 aliphatic heterocycles. The van der Waals surface area contributed by atoms with E-state index in [1.54, 1.807) is 48.5 Å².